The first-order valence-corrected chi connectivity index (χ1v) is 22.9. The van der Waals surface area contributed by atoms with Crippen LogP contribution in [0.5, 0.6) is 0 Å². The summed E-state index contributed by atoms with van der Waals surface area (Å²) in [5, 5.41) is 0. The zero-order chi connectivity index (χ0) is 20.6. The van der Waals surface area contributed by atoms with Gasteiger partial charge in [0.25, 0.3) is 0 Å². The first-order valence-electron chi connectivity index (χ1n) is 10.2. The second kappa shape index (κ2) is 8.06. The lowest BCUT2D eigenvalue weighted by atomic mass is 9.97. The van der Waals surface area contributed by atoms with Gasteiger partial charge in [0.05, 0.1) is 32.3 Å². The summed E-state index contributed by atoms with van der Waals surface area (Å²) in [5.74, 6) is 0. The Labute approximate surface area is 168 Å². The van der Waals surface area contributed by atoms with Crippen LogP contribution in [0.2, 0.25) is 74.5 Å². The van der Waals surface area contributed by atoms with Crippen LogP contribution in [0, 0.1) is 0 Å². The third-order valence-electron chi connectivity index (χ3n) is 7.91. The van der Waals surface area contributed by atoms with Crippen LogP contribution >= 0.6 is 0 Å². The standard InChI is InChI=1S/C22H44Si4/c1-13-23(5,6)19-17-21(25(9,10)15-3)22(26(11,12)16-4)18-20(19)24(7,8)14-2/h13-16,19-22H,1-4,17-18H2,5-12H3. The van der Waals surface area contributed by atoms with Crippen molar-refractivity contribution < 1.29 is 0 Å². The molecule has 1 rings (SSSR count). The molecule has 1 aliphatic rings. The molecule has 26 heavy (non-hydrogen) atoms. The van der Waals surface area contributed by atoms with Crippen molar-refractivity contribution in [1.29, 1.82) is 0 Å². The minimum atomic E-state index is -1.47. The van der Waals surface area contributed by atoms with Gasteiger partial charge in [0.1, 0.15) is 0 Å². The lowest BCUT2D eigenvalue weighted by Gasteiger charge is -2.56. The average Bonchev–Trinajstić information content (AvgIpc) is 2.60. The molecular weight excluding hydrogens is 377 g/mol. The van der Waals surface area contributed by atoms with E-state index in [0.717, 1.165) is 22.2 Å². The summed E-state index contributed by atoms with van der Waals surface area (Å²) in [6, 6.07) is 0. The van der Waals surface area contributed by atoms with E-state index < -0.39 is 32.3 Å². The maximum absolute atomic E-state index is 4.28. The fraction of sp³-hybridized carbons (Fsp3) is 0.636. The molecule has 0 aliphatic heterocycles. The van der Waals surface area contributed by atoms with E-state index in [1.807, 2.05) is 0 Å². The molecule has 148 valence electrons. The van der Waals surface area contributed by atoms with Gasteiger partial charge >= 0.3 is 0 Å². The van der Waals surface area contributed by atoms with Crippen molar-refractivity contribution in [3.8, 4) is 0 Å². The number of hydrogen-bond donors (Lipinski definition) is 0. The molecule has 0 radical (unpaired) electrons. The Balaban J connectivity index is 3.56. The first-order chi connectivity index (χ1) is 11.7. The normalized spacial score (nSPS) is 28.3. The molecule has 1 saturated carbocycles. The largest absolute Gasteiger partial charge is 0.107 e. The van der Waals surface area contributed by atoms with E-state index in [1.54, 1.807) is 0 Å². The molecule has 0 aromatic rings. The molecule has 0 spiro atoms. The van der Waals surface area contributed by atoms with Crippen molar-refractivity contribution in [2.45, 2.75) is 87.4 Å². The summed E-state index contributed by atoms with van der Waals surface area (Å²) in [4.78, 5) is 0. The molecule has 0 saturated heterocycles. The fourth-order valence-corrected chi connectivity index (χ4v) is 20.1. The molecule has 4 unspecified atom stereocenters. The molecule has 0 aromatic carbocycles. The van der Waals surface area contributed by atoms with Crippen LogP contribution in [0.1, 0.15) is 12.8 Å². The predicted octanol–water partition coefficient (Wildman–Crippen LogP) is 8.00. The van der Waals surface area contributed by atoms with Crippen molar-refractivity contribution >= 4 is 32.3 Å². The molecule has 0 aromatic heterocycles. The minimum absolute atomic E-state index is 0.835. The lowest BCUT2D eigenvalue weighted by molar-refractivity contribution is 0.466. The Morgan fingerprint density at radius 3 is 0.731 bits per heavy atom. The van der Waals surface area contributed by atoms with Crippen molar-refractivity contribution in [3.63, 3.8) is 0 Å². The highest BCUT2D eigenvalue weighted by atomic mass is 28.3. The summed E-state index contributed by atoms with van der Waals surface area (Å²) in [6.07, 6.45) is 2.78. The monoisotopic (exact) mass is 420 g/mol. The Morgan fingerprint density at radius 2 is 0.615 bits per heavy atom. The molecule has 0 N–H and O–H groups in total. The lowest BCUT2D eigenvalue weighted by Crippen LogP contribution is -2.52. The highest BCUT2D eigenvalue weighted by Gasteiger charge is 2.54. The smallest absolute Gasteiger partial charge is 0.0740 e. The number of rotatable bonds is 8. The predicted molar refractivity (Wildman–Crippen MR) is 135 cm³/mol. The maximum Gasteiger partial charge on any atom is 0.0740 e. The molecule has 1 aliphatic carbocycles. The van der Waals surface area contributed by atoms with Crippen LogP contribution in [0.25, 0.3) is 0 Å². The van der Waals surface area contributed by atoms with Gasteiger partial charge in [-0.05, 0) is 22.2 Å². The molecule has 0 amide bonds. The second-order valence-electron chi connectivity index (χ2n) is 11.0. The van der Waals surface area contributed by atoms with E-state index in [-0.39, 0.29) is 0 Å². The molecule has 0 heterocycles. The van der Waals surface area contributed by atoms with E-state index in [4.69, 9.17) is 0 Å². The number of hydrogen-bond acceptors (Lipinski definition) is 0. The van der Waals surface area contributed by atoms with Crippen LogP contribution in [0.3, 0.4) is 0 Å². The second-order valence-corrected chi connectivity index (χ2v) is 30.2. The van der Waals surface area contributed by atoms with Crippen LogP contribution in [-0.4, -0.2) is 32.3 Å². The average molecular weight is 421 g/mol. The highest BCUT2D eigenvalue weighted by Crippen LogP contribution is 2.62. The zero-order valence-corrected chi connectivity index (χ0v) is 22.9. The minimum Gasteiger partial charge on any atom is -0.107 e. The van der Waals surface area contributed by atoms with Crippen LogP contribution < -0.4 is 0 Å². The van der Waals surface area contributed by atoms with Crippen LogP contribution in [0.4, 0.5) is 0 Å². The highest BCUT2D eigenvalue weighted by molar-refractivity contribution is 6.91. The summed E-state index contributed by atoms with van der Waals surface area (Å²) in [5.41, 5.74) is 12.8. The van der Waals surface area contributed by atoms with Gasteiger partial charge in [-0.15, -0.1) is 49.1 Å². The summed E-state index contributed by atoms with van der Waals surface area (Å²) < 4.78 is 0. The summed E-state index contributed by atoms with van der Waals surface area (Å²) in [6.45, 7) is 37.4. The van der Waals surface area contributed by atoms with Crippen molar-refractivity contribution in [3.05, 3.63) is 49.1 Å². The summed E-state index contributed by atoms with van der Waals surface area (Å²) in [7, 11) is -5.88. The van der Waals surface area contributed by atoms with Crippen LogP contribution in [-0.2, 0) is 0 Å². The topological polar surface area (TPSA) is 0 Å². The fourth-order valence-electron chi connectivity index (χ4n) is 5.10. The zero-order valence-electron chi connectivity index (χ0n) is 18.9. The molecule has 4 heteroatoms. The quantitative estimate of drug-likeness (QED) is 0.349. The molecule has 0 nitrogen and oxygen atoms in total. The Morgan fingerprint density at radius 1 is 0.462 bits per heavy atom. The van der Waals surface area contributed by atoms with E-state index in [0.29, 0.717) is 0 Å². The van der Waals surface area contributed by atoms with Crippen molar-refractivity contribution in [2.24, 2.45) is 0 Å². The maximum atomic E-state index is 4.28. The molecular formula is C22H44Si4. The third kappa shape index (κ3) is 4.62. The van der Waals surface area contributed by atoms with Gasteiger partial charge in [0.15, 0.2) is 0 Å². The van der Waals surface area contributed by atoms with E-state index in [1.165, 1.54) is 12.8 Å². The molecule has 1 fully saturated rings. The Bertz CT molecular complexity index is 458. The third-order valence-corrected chi connectivity index (χ3v) is 23.0. The first kappa shape index (κ1) is 23.9. The van der Waals surface area contributed by atoms with Crippen molar-refractivity contribution in [1.82, 2.24) is 0 Å². The van der Waals surface area contributed by atoms with Gasteiger partial charge in [-0.2, -0.15) is 0 Å². The molecule has 0 bridgehead atoms. The van der Waals surface area contributed by atoms with Gasteiger partial charge in [0, 0.05) is 0 Å². The van der Waals surface area contributed by atoms with Crippen molar-refractivity contribution in [2.75, 3.05) is 0 Å². The van der Waals surface area contributed by atoms with Crippen LogP contribution in [0.15, 0.2) is 49.1 Å². The van der Waals surface area contributed by atoms with E-state index in [2.05, 4.69) is 101 Å². The SMILES string of the molecule is C=C[Si](C)(C)C1CC([Si](C)(C)C=C)C([Si](C)(C)C=C)CC1[Si](C)(C)C=C. The van der Waals surface area contributed by atoms with Gasteiger partial charge in [0.2, 0.25) is 0 Å². The van der Waals surface area contributed by atoms with Gasteiger partial charge in [-0.1, -0.05) is 65.2 Å². The van der Waals surface area contributed by atoms with Gasteiger partial charge in [-0.3, -0.25) is 0 Å². The Kier molecular flexibility index (Phi) is 7.40. The van der Waals surface area contributed by atoms with E-state index >= 15 is 0 Å². The molecule has 4 atom stereocenters. The van der Waals surface area contributed by atoms with Gasteiger partial charge in [-0.25, -0.2) is 0 Å². The van der Waals surface area contributed by atoms with E-state index in [9.17, 15) is 0 Å². The summed E-state index contributed by atoms with van der Waals surface area (Å²) >= 11 is 0. The Hall–Kier alpha value is -0.172. The van der Waals surface area contributed by atoms with Gasteiger partial charge < -0.3 is 0 Å².